The van der Waals surface area contributed by atoms with E-state index in [4.69, 9.17) is 5.11 Å². The fourth-order valence-electron chi connectivity index (χ4n) is 5.35. The van der Waals surface area contributed by atoms with Crippen LogP contribution in [0.3, 0.4) is 0 Å². The van der Waals surface area contributed by atoms with E-state index in [9.17, 15) is 25.2 Å². The summed E-state index contributed by atoms with van der Waals surface area (Å²) in [5.41, 5.74) is -0.902. The van der Waals surface area contributed by atoms with Crippen molar-refractivity contribution in [2.45, 2.75) is 63.7 Å². The zero-order chi connectivity index (χ0) is 19.3. The maximum atomic E-state index is 13.1. The second-order valence-electron chi connectivity index (χ2n) is 8.72. The Morgan fingerprint density at radius 2 is 1.65 bits per heavy atom. The lowest BCUT2D eigenvalue weighted by Crippen LogP contribution is -2.81. The summed E-state index contributed by atoms with van der Waals surface area (Å²) in [5.74, 6) is 0.315. The molecule has 8 heteroatoms. The third-order valence-electron chi connectivity index (χ3n) is 6.49. The molecule has 0 aromatic heterocycles. The van der Waals surface area contributed by atoms with Gasteiger partial charge in [-0.2, -0.15) is 0 Å². The first-order valence-electron chi connectivity index (χ1n) is 9.55. The van der Waals surface area contributed by atoms with Gasteiger partial charge in [0.2, 0.25) is 0 Å². The van der Waals surface area contributed by atoms with Crippen molar-refractivity contribution < 1.29 is 30.3 Å². The van der Waals surface area contributed by atoms with Crippen LogP contribution in [0.5, 0.6) is 0 Å². The summed E-state index contributed by atoms with van der Waals surface area (Å²) in [4.78, 5) is 17.2. The molecule has 5 N–H and O–H groups in total. The molecule has 0 aromatic carbocycles. The Balaban J connectivity index is 1.81. The van der Waals surface area contributed by atoms with Gasteiger partial charge in [-0.15, -0.1) is 0 Å². The van der Waals surface area contributed by atoms with Gasteiger partial charge in [0.1, 0.15) is 30.2 Å². The average Bonchev–Trinajstić information content (AvgIpc) is 2.61. The van der Waals surface area contributed by atoms with Crippen LogP contribution in [0.25, 0.3) is 0 Å². The maximum absolute atomic E-state index is 13.1. The first kappa shape index (κ1) is 20.1. The van der Waals surface area contributed by atoms with Crippen molar-refractivity contribution in [1.82, 2.24) is 9.80 Å². The van der Waals surface area contributed by atoms with E-state index in [0.717, 1.165) is 19.3 Å². The van der Waals surface area contributed by atoms with Gasteiger partial charge in [-0.3, -0.25) is 14.6 Å². The topological polar surface area (TPSA) is 125 Å². The molecular weight excluding hydrogens is 340 g/mol. The summed E-state index contributed by atoms with van der Waals surface area (Å²) in [5, 5.41) is 49.5. The molecule has 4 rings (SSSR count). The molecule has 0 aliphatic carbocycles. The molecule has 150 valence electrons. The van der Waals surface area contributed by atoms with Crippen molar-refractivity contribution in [3.8, 4) is 0 Å². The minimum absolute atomic E-state index is 0.315. The molecule has 0 amide bonds. The van der Waals surface area contributed by atoms with Gasteiger partial charge in [-0.05, 0) is 6.42 Å². The van der Waals surface area contributed by atoms with E-state index in [0.29, 0.717) is 32.0 Å². The van der Waals surface area contributed by atoms with Crippen LogP contribution in [0, 0.1) is 10.8 Å². The van der Waals surface area contributed by atoms with Gasteiger partial charge in [0.15, 0.2) is 0 Å². The third-order valence-corrected chi connectivity index (χ3v) is 6.49. The number of aliphatic hydroxyl groups excluding tert-OH is 5. The molecule has 0 spiro atoms. The number of aliphatic hydroxyl groups is 5. The minimum Gasteiger partial charge on any atom is -0.394 e. The van der Waals surface area contributed by atoms with Crippen molar-refractivity contribution in [3.63, 3.8) is 0 Å². The number of hydrogen-bond donors (Lipinski definition) is 5. The Hall–Kier alpha value is -0.610. The number of Topliss-reactive ketones (excluding diaryl/α,β-unsaturated/α-hetero) is 1. The van der Waals surface area contributed by atoms with Crippen LogP contribution in [-0.4, -0.2) is 104 Å². The van der Waals surface area contributed by atoms with Crippen molar-refractivity contribution in [3.05, 3.63) is 0 Å². The van der Waals surface area contributed by atoms with E-state index < -0.39 is 48.0 Å². The van der Waals surface area contributed by atoms with Crippen LogP contribution in [0.2, 0.25) is 0 Å². The lowest BCUT2D eigenvalue weighted by molar-refractivity contribution is -0.231. The van der Waals surface area contributed by atoms with Crippen molar-refractivity contribution >= 4 is 5.78 Å². The standard InChI is InChI=1S/C18H32N2O6/c1-3-4-5-18-9-19-7-17(2,16(18)26)8-20(10-18)15(19)14(25)13(24)12(23)11(22)6-21/h11-15,21-25H,3-10H2,1-2H3/t11-,12+,13+,14+,15?,17?,18?/m0/s1. The van der Waals surface area contributed by atoms with Crippen LogP contribution in [0.4, 0.5) is 0 Å². The van der Waals surface area contributed by atoms with Crippen LogP contribution < -0.4 is 0 Å². The number of ketones is 1. The summed E-state index contributed by atoms with van der Waals surface area (Å²) in [6.45, 7) is 5.50. The fourth-order valence-corrected chi connectivity index (χ4v) is 5.35. The van der Waals surface area contributed by atoms with Crippen LogP contribution in [0.15, 0.2) is 0 Å². The normalized spacial score (nSPS) is 43.3. The summed E-state index contributed by atoms with van der Waals surface area (Å²) < 4.78 is 0. The molecule has 8 nitrogen and oxygen atoms in total. The van der Waals surface area contributed by atoms with Gasteiger partial charge in [0.05, 0.1) is 23.6 Å². The number of hydrogen-bond acceptors (Lipinski definition) is 8. The predicted molar refractivity (Wildman–Crippen MR) is 93.1 cm³/mol. The Labute approximate surface area is 154 Å². The highest BCUT2D eigenvalue weighted by Crippen LogP contribution is 2.51. The Morgan fingerprint density at radius 1 is 1.08 bits per heavy atom. The van der Waals surface area contributed by atoms with E-state index >= 15 is 0 Å². The molecular formula is C18H32N2O6. The summed E-state index contributed by atoms with van der Waals surface area (Å²) >= 11 is 0. The second-order valence-corrected chi connectivity index (χ2v) is 8.72. The molecule has 4 aliphatic rings. The maximum Gasteiger partial charge on any atom is 0.150 e. The molecule has 6 atom stereocenters. The van der Waals surface area contributed by atoms with Gasteiger partial charge in [0, 0.05) is 26.2 Å². The second kappa shape index (κ2) is 7.09. The largest absolute Gasteiger partial charge is 0.394 e. The summed E-state index contributed by atoms with van der Waals surface area (Å²) in [6, 6.07) is 0. The molecule has 4 fully saturated rings. The number of carbonyl (C=O) groups is 1. The van der Waals surface area contributed by atoms with E-state index in [2.05, 4.69) is 6.92 Å². The van der Waals surface area contributed by atoms with Gasteiger partial charge in [-0.1, -0.05) is 26.7 Å². The highest BCUT2D eigenvalue weighted by molar-refractivity contribution is 5.93. The smallest absolute Gasteiger partial charge is 0.150 e. The van der Waals surface area contributed by atoms with E-state index in [1.54, 1.807) is 0 Å². The number of unbranched alkanes of at least 4 members (excludes halogenated alkanes) is 1. The summed E-state index contributed by atoms with van der Waals surface area (Å²) in [6.07, 6.45) is -3.76. The first-order valence-corrected chi connectivity index (χ1v) is 9.55. The van der Waals surface area contributed by atoms with Crippen LogP contribution in [0.1, 0.15) is 33.1 Å². The number of nitrogens with zero attached hydrogens (tertiary/aromatic N) is 2. The van der Waals surface area contributed by atoms with Crippen molar-refractivity contribution in [2.24, 2.45) is 10.8 Å². The highest BCUT2D eigenvalue weighted by atomic mass is 16.4. The monoisotopic (exact) mass is 372 g/mol. The first-order chi connectivity index (χ1) is 12.2. The van der Waals surface area contributed by atoms with E-state index in [-0.39, 0.29) is 0 Å². The fraction of sp³-hybridized carbons (Fsp3) is 0.944. The SMILES string of the molecule is CCCCC12CN3CC(C)(CN(C1)C3[C@H](O)[C@H](O)[C@H](O)[C@@H](O)CO)C2=O. The zero-order valence-electron chi connectivity index (χ0n) is 15.6. The van der Waals surface area contributed by atoms with Gasteiger partial charge in [0.25, 0.3) is 0 Å². The number of carbonyl (C=O) groups excluding carboxylic acids is 1. The molecule has 4 aliphatic heterocycles. The van der Waals surface area contributed by atoms with Gasteiger partial charge < -0.3 is 25.5 Å². The van der Waals surface area contributed by atoms with E-state index in [1.807, 2.05) is 16.7 Å². The third kappa shape index (κ3) is 3.01. The highest BCUT2D eigenvalue weighted by Gasteiger charge is 2.64. The molecule has 0 saturated carbocycles. The molecule has 4 saturated heterocycles. The Morgan fingerprint density at radius 3 is 2.15 bits per heavy atom. The molecule has 4 heterocycles. The quantitative estimate of drug-likeness (QED) is 0.336. The lowest BCUT2D eigenvalue weighted by atomic mass is 9.59. The zero-order valence-corrected chi connectivity index (χ0v) is 15.6. The molecule has 26 heavy (non-hydrogen) atoms. The van der Waals surface area contributed by atoms with E-state index in [1.165, 1.54) is 0 Å². The van der Waals surface area contributed by atoms with Crippen molar-refractivity contribution in [1.29, 1.82) is 0 Å². The van der Waals surface area contributed by atoms with Crippen molar-refractivity contribution in [2.75, 3.05) is 32.8 Å². The molecule has 0 aromatic rings. The molecule has 0 radical (unpaired) electrons. The van der Waals surface area contributed by atoms with Gasteiger partial charge >= 0.3 is 0 Å². The predicted octanol–water partition coefficient (Wildman–Crippen LogP) is -1.85. The number of rotatable bonds is 8. The average molecular weight is 372 g/mol. The minimum atomic E-state index is -1.64. The molecule has 4 bridgehead atoms. The molecule has 2 unspecified atom stereocenters. The van der Waals surface area contributed by atoms with Crippen LogP contribution in [-0.2, 0) is 4.79 Å². The summed E-state index contributed by atoms with van der Waals surface area (Å²) in [7, 11) is 0. The number of piperidine rings is 2. The lowest BCUT2D eigenvalue weighted by Gasteiger charge is -2.66. The Bertz CT molecular complexity index is 528. The Kier molecular flexibility index (Phi) is 5.49. The van der Waals surface area contributed by atoms with Gasteiger partial charge in [-0.25, -0.2) is 0 Å². The van der Waals surface area contributed by atoms with Crippen LogP contribution >= 0.6 is 0 Å².